The Morgan fingerprint density at radius 2 is 1.69 bits per heavy atom. The summed E-state index contributed by atoms with van der Waals surface area (Å²) < 4.78 is 15.6. The standard InChI is InChI=1S/C20H22ClN3O5/c1-13(10-19(25)22-17-11-14(21)4-9-18(17)28-3)23-24-20(26)12-29-16-7-5-15(27-2)6-8-16/h4-9,11H,10,12H2,1-3H3,(H,22,25)(H,24,26)/b23-13+. The monoisotopic (exact) mass is 419 g/mol. The highest BCUT2D eigenvalue weighted by molar-refractivity contribution is 6.31. The maximum atomic E-state index is 12.2. The molecule has 0 heterocycles. The quantitative estimate of drug-likeness (QED) is 0.480. The molecule has 0 saturated carbocycles. The number of hydrogen-bond acceptors (Lipinski definition) is 6. The molecule has 9 heteroatoms. The summed E-state index contributed by atoms with van der Waals surface area (Å²) in [5, 5.41) is 7.07. The molecule has 0 aromatic heterocycles. The van der Waals surface area contributed by atoms with E-state index in [1.165, 1.54) is 7.11 Å². The zero-order valence-corrected chi connectivity index (χ0v) is 17.1. The number of halogens is 1. The Morgan fingerprint density at radius 1 is 1.00 bits per heavy atom. The van der Waals surface area contributed by atoms with E-state index in [2.05, 4.69) is 15.8 Å². The Hall–Kier alpha value is -3.26. The highest BCUT2D eigenvalue weighted by Gasteiger charge is 2.10. The molecule has 2 amide bonds. The first kappa shape index (κ1) is 22.0. The van der Waals surface area contributed by atoms with Crippen molar-refractivity contribution in [3.63, 3.8) is 0 Å². The van der Waals surface area contributed by atoms with Crippen molar-refractivity contribution in [3.05, 3.63) is 47.5 Å². The van der Waals surface area contributed by atoms with Gasteiger partial charge >= 0.3 is 0 Å². The third-order valence-electron chi connectivity index (χ3n) is 3.65. The third kappa shape index (κ3) is 7.34. The van der Waals surface area contributed by atoms with E-state index < -0.39 is 5.91 Å². The molecule has 0 fully saturated rings. The molecule has 2 aromatic rings. The first-order valence-corrected chi connectivity index (χ1v) is 9.01. The van der Waals surface area contributed by atoms with Crippen molar-refractivity contribution in [3.8, 4) is 17.2 Å². The molecule has 0 spiro atoms. The molecule has 0 unspecified atom stereocenters. The van der Waals surface area contributed by atoms with E-state index in [0.717, 1.165) is 0 Å². The third-order valence-corrected chi connectivity index (χ3v) is 3.89. The minimum Gasteiger partial charge on any atom is -0.497 e. The van der Waals surface area contributed by atoms with Crippen LogP contribution in [0.15, 0.2) is 47.6 Å². The zero-order valence-electron chi connectivity index (χ0n) is 16.3. The molecule has 0 aliphatic carbocycles. The number of ether oxygens (including phenoxy) is 3. The lowest BCUT2D eigenvalue weighted by molar-refractivity contribution is -0.123. The SMILES string of the molecule is COc1ccc(OCC(=O)N/N=C(\C)CC(=O)Nc2cc(Cl)ccc2OC)cc1. The molecule has 0 aliphatic heterocycles. The topological polar surface area (TPSA) is 98.3 Å². The van der Waals surface area contributed by atoms with Crippen molar-refractivity contribution in [2.75, 3.05) is 26.1 Å². The molecule has 0 aliphatic rings. The Bertz CT molecular complexity index is 884. The van der Waals surface area contributed by atoms with Crippen LogP contribution in [0, 0.1) is 0 Å². The van der Waals surface area contributed by atoms with Crippen LogP contribution >= 0.6 is 11.6 Å². The van der Waals surface area contributed by atoms with E-state index in [0.29, 0.717) is 33.7 Å². The summed E-state index contributed by atoms with van der Waals surface area (Å²) in [5.41, 5.74) is 3.22. The second-order valence-corrected chi connectivity index (χ2v) is 6.35. The Kier molecular flexibility index (Phi) is 8.29. The molecule has 2 rings (SSSR count). The predicted molar refractivity (Wildman–Crippen MR) is 111 cm³/mol. The number of hydrazone groups is 1. The number of carbonyl (C=O) groups excluding carboxylic acids is 2. The second-order valence-electron chi connectivity index (χ2n) is 5.92. The van der Waals surface area contributed by atoms with Gasteiger partial charge in [-0.25, -0.2) is 5.43 Å². The molecule has 2 N–H and O–H groups in total. The smallest absolute Gasteiger partial charge is 0.277 e. The van der Waals surface area contributed by atoms with Crippen LogP contribution in [0.25, 0.3) is 0 Å². The van der Waals surface area contributed by atoms with E-state index in [1.807, 2.05) is 0 Å². The number of nitrogens with zero attached hydrogens (tertiary/aromatic N) is 1. The average molecular weight is 420 g/mol. The van der Waals surface area contributed by atoms with Gasteiger partial charge in [-0.1, -0.05) is 11.6 Å². The van der Waals surface area contributed by atoms with E-state index in [9.17, 15) is 9.59 Å². The van der Waals surface area contributed by atoms with Gasteiger partial charge in [0.1, 0.15) is 17.2 Å². The molecule has 29 heavy (non-hydrogen) atoms. The van der Waals surface area contributed by atoms with Gasteiger partial charge in [-0.3, -0.25) is 9.59 Å². The van der Waals surface area contributed by atoms with Crippen molar-refractivity contribution in [2.24, 2.45) is 5.10 Å². The fourth-order valence-electron chi connectivity index (χ4n) is 2.26. The average Bonchev–Trinajstić information content (AvgIpc) is 2.71. The minimum absolute atomic E-state index is 0.0186. The number of rotatable bonds is 9. The van der Waals surface area contributed by atoms with Gasteiger partial charge in [-0.05, 0) is 49.4 Å². The number of nitrogens with one attached hydrogen (secondary N) is 2. The number of methoxy groups -OCH3 is 2. The highest BCUT2D eigenvalue weighted by Crippen LogP contribution is 2.27. The molecule has 0 bridgehead atoms. The Balaban J connectivity index is 1.80. The largest absolute Gasteiger partial charge is 0.497 e. The van der Waals surface area contributed by atoms with E-state index in [1.54, 1.807) is 56.5 Å². The van der Waals surface area contributed by atoms with Crippen LogP contribution in [0.2, 0.25) is 5.02 Å². The van der Waals surface area contributed by atoms with E-state index >= 15 is 0 Å². The van der Waals surface area contributed by atoms with Crippen molar-refractivity contribution in [1.82, 2.24) is 5.43 Å². The zero-order chi connectivity index (χ0) is 21.2. The van der Waals surface area contributed by atoms with Crippen LogP contribution < -0.4 is 25.0 Å². The van der Waals surface area contributed by atoms with Crippen LogP contribution in [0.1, 0.15) is 13.3 Å². The fraction of sp³-hybridized carbons (Fsp3) is 0.250. The maximum absolute atomic E-state index is 12.2. The van der Waals surface area contributed by atoms with Crippen LogP contribution in [0.5, 0.6) is 17.2 Å². The number of carbonyl (C=O) groups is 2. The van der Waals surface area contributed by atoms with Crippen molar-refractivity contribution in [1.29, 1.82) is 0 Å². The summed E-state index contributed by atoms with van der Waals surface area (Å²) >= 11 is 5.94. The van der Waals surface area contributed by atoms with Gasteiger partial charge in [0.05, 0.1) is 26.3 Å². The number of anilines is 1. The Labute approximate surface area is 173 Å². The molecule has 2 aromatic carbocycles. The molecular weight excluding hydrogens is 398 g/mol. The van der Waals surface area contributed by atoms with Crippen LogP contribution in [-0.4, -0.2) is 38.4 Å². The van der Waals surface area contributed by atoms with Gasteiger partial charge in [0.2, 0.25) is 5.91 Å². The van der Waals surface area contributed by atoms with Gasteiger partial charge in [-0.2, -0.15) is 5.10 Å². The van der Waals surface area contributed by atoms with Gasteiger partial charge < -0.3 is 19.5 Å². The van der Waals surface area contributed by atoms with Gasteiger partial charge in [0.15, 0.2) is 6.61 Å². The van der Waals surface area contributed by atoms with E-state index in [4.69, 9.17) is 25.8 Å². The first-order valence-electron chi connectivity index (χ1n) is 8.63. The van der Waals surface area contributed by atoms with Crippen LogP contribution in [0.3, 0.4) is 0 Å². The lowest BCUT2D eigenvalue weighted by Crippen LogP contribution is -2.26. The van der Waals surface area contributed by atoms with Gasteiger partial charge in [0, 0.05) is 10.7 Å². The summed E-state index contributed by atoms with van der Waals surface area (Å²) in [5.74, 6) is 0.932. The summed E-state index contributed by atoms with van der Waals surface area (Å²) in [6.45, 7) is 1.41. The molecule has 0 atom stereocenters. The van der Waals surface area contributed by atoms with E-state index in [-0.39, 0.29) is 18.9 Å². The van der Waals surface area contributed by atoms with Crippen molar-refractivity contribution < 1.29 is 23.8 Å². The van der Waals surface area contributed by atoms with Crippen LogP contribution in [0.4, 0.5) is 5.69 Å². The summed E-state index contributed by atoms with van der Waals surface area (Å²) in [6, 6.07) is 11.7. The molecular formula is C20H22ClN3O5. The maximum Gasteiger partial charge on any atom is 0.277 e. The molecule has 154 valence electrons. The van der Waals surface area contributed by atoms with Gasteiger partial charge in [0.25, 0.3) is 5.91 Å². The second kappa shape index (κ2) is 10.9. The predicted octanol–water partition coefficient (Wildman–Crippen LogP) is 3.26. The Morgan fingerprint density at radius 3 is 2.34 bits per heavy atom. The number of amides is 2. The number of benzene rings is 2. The highest BCUT2D eigenvalue weighted by atomic mass is 35.5. The molecule has 0 saturated heterocycles. The lowest BCUT2D eigenvalue weighted by atomic mass is 10.2. The minimum atomic E-state index is -0.447. The summed E-state index contributed by atoms with van der Waals surface area (Å²) in [4.78, 5) is 24.0. The summed E-state index contributed by atoms with van der Waals surface area (Å²) in [6.07, 6.45) is -0.0186. The fourth-order valence-corrected chi connectivity index (χ4v) is 2.43. The van der Waals surface area contributed by atoms with Gasteiger partial charge in [-0.15, -0.1) is 0 Å². The first-order chi connectivity index (χ1) is 13.9. The normalized spacial score (nSPS) is 10.8. The summed E-state index contributed by atoms with van der Waals surface area (Å²) in [7, 11) is 3.06. The van der Waals surface area contributed by atoms with Crippen LogP contribution in [-0.2, 0) is 9.59 Å². The number of hydrogen-bond donors (Lipinski definition) is 2. The molecule has 0 radical (unpaired) electrons. The van der Waals surface area contributed by atoms with Crippen molar-refractivity contribution >= 4 is 34.8 Å². The molecule has 8 nitrogen and oxygen atoms in total. The lowest BCUT2D eigenvalue weighted by Gasteiger charge is -2.10. The van der Waals surface area contributed by atoms with Crippen molar-refractivity contribution in [2.45, 2.75) is 13.3 Å².